The summed E-state index contributed by atoms with van der Waals surface area (Å²) < 4.78 is 1.64. The lowest BCUT2D eigenvalue weighted by Gasteiger charge is -2.21. The summed E-state index contributed by atoms with van der Waals surface area (Å²) in [6, 6.07) is 2.56. The summed E-state index contributed by atoms with van der Waals surface area (Å²) in [5.41, 5.74) is 1.30. The number of benzene rings is 1. The van der Waals surface area contributed by atoms with E-state index in [1.54, 1.807) is 22.8 Å². The average molecular weight is 339 g/mol. The summed E-state index contributed by atoms with van der Waals surface area (Å²) >= 11 is 12.2. The van der Waals surface area contributed by atoms with Crippen molar-refractivity contribution in [2.24, 2.45) is 0 Å². The maximum Gasteiger partial charge on any atom is 0.272 e. The summed E-state index contributed by atoms with van der Waals surface area (Å²) in [7, 11) is 1.79. The molecule has 0 aliphatic carbocycles. The van der Waals surface area contributed by atoms with Crippen molar-refractivity contribution in [1.82, 2.24) is 9.78 Å². The Kier molecular flexibility index (Phi) is 4.91. The first-order valence-corrected chi connectivity index (χ1v) is 6.97. The molecule has 0 aliphatic rings. The van der Waals surface area contributed by atoms with Gasteiger partial charge in [0.25, 0.3) is 5.69 Å². The normalized spacial score (nSPS) is 10.3. The number of rotatable bonds is 5. The predicted molar refractivity (Wildman–Crippen MR) is 86.3 cm³/mol. The molecule has 1 heterocycles. The third kappa shape index (κ3) is 3.50. The van der Waals surface area contributed by atoms with E-state index >= 15 is 0 Å². The van der Waals surface area contributed by atoms with Gasteiger partial charge in [-0.1, -0.05) is 29.1 Å². The van der Waals surface area contributed by atoms with Crippen LogP contribution in [0, 0.1) is 22.5 Å². The van der Waals surface area contributed by atoms with Crippen LogP contribution in [0.2, 0.25) is 10.0 Å². The van der Waals surface area contributed by atoms with E-state index in [0.717, 1.165) is 5.56 Å². The second kappa shape index (κ2) is 6.69. The Bertz CT molecular complexity index is 729. The van der Waals surface area contributed by atoms with E-state index in [4.69, 9.17) is 29.6 Å². The zero-order valence-corrected chi connectivity index (χ0v) is 13.2. The topological polar surface area (TPSA) is 64.2 Å². The molecule has 1 aromatic carbocycles. The van der Waals surface area contributed by atoms with Gasteiger partial charge in [0.1, 0.15) is 6.54 Å². The summed E-state index contributed by atoms with van der Waals surface area (Å²) in [6.07, 6.45) is 8.75. The predicted octanol–water partition coefficient (Wildman–Crippen LogP) is 3.37. The fraction of sp³-hybridized carbons (Fsp3) is 0.214. The highest BCUT2D eigenvalue weighted by molar-refractivity contribution is 6.39. The molecule has 8 heteroatoms. The number of aromatic nitrogens is 2. The van der Waals surface area contributed by atoms with Crippen molar-refractivity contribution in [3.05, 3.63) is 50.2 Å². The van der Waals surface area contributed by atoms with Crippen LogP contribution in [0.5, 0.6) is 0 Å². The van der Waals surface area contributed by atoms with E-state index in [-0.39, 0.29) is 15.7 Å². The fourth-order valence-electron chi connectivity index (χ4n) is 2.04. The van der Waals surface area contributed by atoms with Crippen LogP contribution >= 0.6 is 23.2 Å². The van der Waals surface area contributed by atoms with Crippen LogP contribution in [0.25, 0.3) is 0 Å². The Labute approximate surface area is 137 Å². The highest BCUT2D eigenvalue weighted by Gasteiger charge is 2.18. The third-order valence-corrected chi connectivity index (χ3v) is 3.53. The summed E-state index contributed by atoms with van der Waals surface area (Å²) in [6.45, 7) is 0.880. The lowest BCUT2D eigenvalue weighted by molar-refractivity contribution is -0.384. The van der Waals surface area contributed by atoms with Crippen molar-refractivity contribution < 1.29 is 4.92 Å². The largest absolute Gasteiger partial charge is 0.368 e. The monoisotopic (exact) mass is 338 g/mol. The molecule has 6 nitrogen and oxygen atoms in total. The SMILES string of the molecule is C#CCn1cc(CN(C)c2c(Cl)cc([N+](=O)[O-])cc2Cl)cn1. The number of nitro benzene ring substituents is 1. The highest BCUT2D eigenvalue weighted by Crippen LogP contribution is 2.37. The number of hydrogen-bond acceptors (Lipinski definition) is 4. The van der Waals surface area contributed by atoms with Crippen LogP contribution in [0.15, 0.2) is 24.5 Å². The van der Waals surface area contributed by atoms with E-state index in [1.165, 1.54) is 12.1 Å². The van der Waals surface area contributed by atoms with Gasteiger partial charge in [-0.25, -0.2) is 0 Å². The molecule has 0 saturated carbocycles. The number of nitrogens with zero attached hydrogens (tertiary/aromatic N) is 4. The van der Waals surface area contributed by atoms with Crippen molar-refractivity contribution in [2.75, 3.05) is 11.9 Å². The van der Waals surface area contributed by atoms with Gasteiger partial charge in [-0.05, 0) is 0 Å². The smallest absolute Gasteiger partial charge is 0.272 e. The molecule has 2 aromatic rings. The minimum absolute atomic E-state index is 0.144. The van der Waals surface area contributed by atoms with Crippen molar-refractivity contribution in [2.45, 2.75) is 13.1 Å². The second-order valence-corrected chi connectivity index (χ2v) is 5.44. The standard InChI is InChI=1S/C14H12Cl2N4O2/c1-3-4-19-9-10(7-17-19)8-18(2)14-12(15)5-11(20(21)22)6-13(14)16/h1,5-7,9H,4,8H2,2H3. The zero-order valence-electron chi connectivity index (χ0n) is 11.7. The van der Waals surface area contributed by atoms with Gasteiger partial charge in [-0.2, -0.15) is 5.10 Å². The Morgan fingerprint density at radius 3 is 2.64 bits per heavy atom. The molecule has 2 rings (SSSR count). The summed E-state index contributed by atoms with van der Waals surface area (Å²) in [5, 5.41) is 15.4. The van der Waals surface area contributed by atoms with Gasteiger partial charge < -0.3 is 4.90 Å². The first-order chi connectivity index (χ1) is 10.4. The number of halogens is 2. The molecular weight excluding hydrogens is 327 g/mol. The quantitative estimate of drug-likeness (QED) is 0.476. The Morgan fingerprint density at radius 2 is 2.09 bits per heavy atom. The number of nitro groups is 1. The molecular formula is C14H12Cl2N4O2. The van der Waals surface area contributed by atoms with Crippen molar-refractivity contribution in [3.8, 4) is 12.3 Å². The molecule has 0 radical (unpaired) electrons. The van der Waals surface area contributed by atoms with E-state index < -0.39 is 4.92 Å². The molecule has 114 valence electrons. The molecule has 22 heavy (non-hydrogen) atoms. The van der Waals surface area contributed by atoms with Gasteiger partial charge in [-0.3, -0.25) is 14.8 Å². The van der Waals surface area contributed by atoms with Crippen molar-refractivity contribution >= 4 is 34.6 Å². The van der Waals surface area contributed by atoms with Gasteiger partial charge >= 0.3 is 0 Å². The second-order valence-electron chi connectivity index (χ2n) is 4.62. The number of terminal acetylenes is 1. The molecule has 0 atom stereocenters. The Hall–Kier alpha value is -2.23. The van der Waals surface area contributed by atoms with E-state index in [1.807, 2.05) is 6.20 Å². The van der Waals surface area contributed by atoms with E-state index in [0.29, 0.717) is 18.8 Å². The molecule has 0 saturated heterocycles. The van der Waals surface area contributed by atoms with Gasteiger partial charge in [0.15, 0.2) is 0 Å². The highest BCUT2D eigenvalue weighted by atomic mass is 35.5. The Morgan fingerprint density at radius 1 is 1.45 bits per heavy atom. The minimum atomic E-state index is -0.536. The number of anilines is 1. The maximum absolute atomic E-state index is 10.8. The van der Waals surface area contributed by atoms with Crippen LogP contribution in [-0.4, -0.2) is 21.8 Å². The fourth-order valence-corrected chi connectivity index (χ4v) is 2.81. The lowest BCUT2D eigenvalue weighted by Crippen LogP contribution is -2.17. The molecule has 0 bridgehead atoms. The first kappa shape index (κ1) is 16.1. The van der Waals surface area contributed by atoms with Crippen LogP contribution < -0.4 is 4.90 Å². The molecule has 0 N–H and O–H groups in total. The van der Waals surface area contributed by atoms with Gasteiger partial charge in [0.2, 0.25) is 0 Å². The first-order valence-electron chi connectivity index (χ1n) is 6.21. The van der Waals surface area contributed by atoms with Gasteiger partial charge in [0, 0.05) is 37.5 Å². The zero-order chi connectivity index (χ0) is 16.3. The number of non-ortho nitro benzene ring substituents is 1. The van der Waals surface area contributed by atoms with E-state index in [2.05, 4.69) is 11.0 Å². The molecule has 0 amide bonds. The van der Waals surface area contributed by atoms with Gasteiger partial charge in [-0.15, -0.1) is 6.42 Å². The maximum atomic E-state index is 10.8. The van der Waals surface area contributed by atoms with Gasteiger partial charge in [0.05, 0.1) is 26.9 Å². The molecule has 0 spiro atoms. The van der Waals surface area contributed by atoms with E-state index in [9.17, 15) is 10.1 Å². The average Bonchev–Trinajstić information content (AvgIpc) is 2.85. The number of hydrogen-bond donors (Lipinski definition) is 0. The Balaban J connectivity index is 2.23. The third-order valence-electron chi connectivity index (χ3n) is 2.95. The molecule has 0 unspecified atom stereocenters. The molecule has 0 aliphatic heterocycles. The molecule has 1 aromatic heterocycles. The van der Waals surface area contributed by atoms with Crippen molar-refractivity contribution in [3.63, 3.8) is 0 Å². The van der Waals surface area contributed by atoms with Crippen LogP contribution in [0.3, 0.4) is 0 Å². The summed E-state index contributed by atoms with van der Waals surface area (Å²) in [5.74, 6) is 2.50. The minimum Gasteiger partial charge on any atom is -0.368 e. The molecule has 0 fully saturated rings. The van der Waals surface area contributed by atoms with Crippen LogP contribution in [0.1, 0.15) is 5.56 Å². The van der Waals surface area contributed by atoms with Crippen molar-refractivity contribution in [1.29, 1.82) is 0 Å². The van der Waals surface area contributed by atoms with Crippen LogP contribution in [-0.2, 0) is 13.1 Å². The lowest BCUT2D eigenvalue weighted by atomic mass is 10.2. The summed E-state index contributed by atoms with van der Waals surface area (Å²) in [4.78, 5) is 12.1. The van der Waals surface area contributed by atoms with Crippen LogP contribution in [0.4, 0.5) is 11.4 Å².